The summed E-state index contributed by atoms with van der Waals surface area (Å²) in [5.74, 6) is 2.04. The molecule has 1 aromatic heterocycles. The van der Waals surface area contributed by atoms with E-state index in [4.69, 9.17) is 4.74 Å². The Bertz CT molecular complexity index is 579. The number of aromatic nitrogens is 2. The fourth-order valence-corrected chi connectivity index (χ4v) is 2.77. The van der Waals surface area contributed by atoms with Crippen LogP contribution < -0.4 is 10.1 Å². The van der Waals surface area contributed by atoms with Crippen molar-refractivity contribution in [1.29, 1.82) is 0 Å². The molecule has 0 atom stereocenters. The minimum atomic E-state index is 0.646. The molecule has 0 saturated heterocycles. The van der Waals surface area contributed by atoms with Gasteiger partial charge in [-0.25, -0.2) is 4.98 Å². The molecule has 4 nitrogen and oxygen atoms in total. The summed E-state index contributed by atoms with van der Waals surface area (Å²) in [6, 6.07) is 8.02. The summed E-state index contributed by atoms with van der Waals surface area (Å²) in [5, 5.41) is 4.16. The maximum atomic E-state index is 6.00. The molecule has 0 unspecified atom stereocenters. The van der Waals surface area contributed by atoms with E-state index in [-0.39, 0.29) is 0 Å². The van der Waals surface area contributed by atoms with E-state index in [0.29, 0.717) is 17.7 Å². The molecule has 0 spiro atoms. The fourth-order valence-electron chi connectivity index (χ4n) is 2.77. The number of rotatable bonds is 5. The summed E-state index contributed by atoms with van der Waals surface area (Å²) < 4.78 is 6.00. The van der Waals surface area contributed by atoms with E-state index in [1.807, 2.05) is 31.2 Å². The zero-order valence-corrected chi connectivity index (χ0v) is 11.9. The Labute approximate surface area is 119 Å². The average molecular weight is 271 g/mol. The molecule has 2 aromatic rings. The van der Waals surface area contributed by atoms with Crippen LogP contribution in [0.1, 0.15) is 32.6 Å². The second-order valence-corrected chi connectivity index (χ2v) is 5.36. The third kappa shape index (κ3) is 2.84. The number of nitrogens with one attached hydrogen (secondary N) is 1. The summed E-state index contributed by atoms with van der Waals surface area (Å²) in [4.78, 5) is 9.01. The van der Waals surface area contributed by atoms with Gasteiger partial charge in [0.05, 0.1) is 17.5 Å². The van der Waals surface area contributed by atoms with Crippen LogP contribution in [0, 0.1) is 5.92 Å². The van der Waals surface area contributed by atoms with Gasteiger partial charge in [-0.2, -0.15) is 4.98 Å². The van der Waals surface area contributed by atoms with Gasteiger partial charge in [0.1, 0.15) is 0 Å². The molecule has 4 heteroatoms. The van der Waals surface area contributed by atoms with Crippen LogP contribution in [-0.2, 0) is 0 Å². The Hall–Kier alpha value is -1.84. The van der Waals surface area contributed by atoms with Crippen LogP contribution in [-0.4, -0.2) is 23.1 Å². The number of ether oxygens (including phenoxy) is 1. The van der Waals surface area contributed by atoms with Crippen LogP contribution in [0.2, 0.25) is 0 Å². The summed E-state index contributed by atoms with van der Waals surface area (Å²) in [7, 11) is 0. The summed E-state index contributed by atoms with van der Waals surface area (Å²) in [5.41, 5.74) is 0.930. The first kappa shape index (κ1) is 13.2. The lowest BCUT2D eigenvalue weighted by Crippen LogP contribution is -2.11. The number of hydrogen-bond acceptors (Lipinski definition) is 4. The van der Waals surface area contributed by atoms with Gasteiger partial charge < -0.3 is 10.1 Å². The molecule has 20 heavy (non-hydrogen) atoms. The molecule has 1 heterocycles. The normalized spacial score (nSPS) is 15.7. The topological polar surface area (TPSA) is 47.0 Å². The van der Waals surface area contributed by atoms with Gasteiger partial charge in [0, 0.05) is 6.54 Å². The highest BCUT2D eigenvalue weighted by Crippen LogP contribution is 2.28. The first-order valence-electron chi connectivity index (χ1n) is 7.50. The van der Waals surface area contributed by atoms with Crippen molar-refractivity contribution in [2.24, 2.45) is 5.92 Å². The molecule has 1 N–H and O–H groups in total. The maximum absolute atomic E-state index is 6.00. The van der Waals surface area contributed by atoms with E-state index in [9.17, 15) is 0 Å². The Morgan fingerprint density at radius 2 is 2.00 bits per heavy atom. The molecule has 0 amide bonds. The van der Waals surface area contributed by atoms with Crippen molar-refractivity contribution in [3.8, 4) is 5.88 Å². The van der Waals surface area contributed by atoms with Gasteiger partial charge >= 0.3 is 0 Å². The van der Waals surface area contributed by atoms with Crippen LogP contribution in [0.15, 0.2) is 24.3 Å². The van der Waals surface area contributed by atoms with Gasteiger partial charge in [-0.1, -0.05) is 25.0 Å². The molecule has 1 aromatic carbocycles. The van der Waals surface area contributed by atoms with Crippen molar-refractivity contribution in [2.75, 3.05) is 18.5 Å². The highest BCUT2D eigenvalue weighted by atomic mass is 16.5. The van der Waals surface area contributed by atoms with Crippen molar-refractivity contribution in [3.05, 3.63) is 24.3 Å². The van der Waals surface area contributed by atoms with Gasteiger partial charge in [-0.05, 0) is 37.8 Å². The van der Waals surface area contributed by atoms with E-state index < -0.39 is 0 Å². The molecule has 1 saturated carbocycles. The molecule has 3 rings (SSSR count). The van der Waals surface area contributed by atoms with Gasteiger partial charge in [0.25, 0.3) is 0 Å². The lowest BCUT2D eigenvalue weighted by molar-refractivity contribution is 0.246. The standard InChI is InChI=1S/C16H21N3O/c1-2-17-16-18-14-10-6-5-9-13(14)15(19-16)20-11-12-7-3-4-8-12/h5-6,9-10,12H,2-4,7-8,11H2,1H3,(H,17,18,19). The summed E-state index contributed by atoms with van der Waals surface area (Å²) in [6.45, 7) is 3.62. The van der Waals surface area contributed by atoms with Gasteiger partial charge in [-0.15, -0.1) is 0 Å². The zero-order chi connectivity index (χ0) is 13.8. The molecule has 106 valence electrons. The molecule has 1 aliphatic carbocycles. The van der Waals surface area contributed by atoms with Crippen LogP contribution in [0.4, 0.5) is 5.95 Å². The SMILES string of the molecule is CCNc1nc(OCC2CCCC2)c2ccccc2n1. The number of para-hydroxylation sites is 1. The molecular weight excluding hydrogens is 250 g/mol. The number of nitrogens with zero attached hydrogens (tertiary/aromatic N) is 2. The monoisotopic (exact) mass is 271 g/mol. The third-order valence-corrected chi connectivity index (χ3v) is 3.83. The van der Waals surface area contributed by atoms with E-state index in [0.717, 1.165) is 24.1 Å². The Balaban J connectivity index is 1.86. The molecule has 0 aliphatic heterocycles. The molecule has 0 radical (unpaired) electrons. The quantitative estimate of drug-likeness (QED) is 0.902. The first-order chi connectivity index (χ1) is 9.86. The predicted octanol–water partition coefficient (Wildman–Crippen LogP) is 3.63. The van der Waals surface area contributed by atoms with E-state index in [2.05, 4.69) is 15.3 Å². The molecule has 1 aliphatic rings. The van der Waals surface area contributed by atoms with Crippen LogP contribution in [0.3, 0.4) is 0 Å². The Morgan fingerprint density at radius 1 is 1.20 bits per heavy atom. The number of anilines is 1. The minimum Gasteiger partial charge on any atom is -0.477 e. The number of fused-ring (bicyclic) bond motifs is 1. The van der Waals surface area contributed by atoms with Gasteiger partial charge in [0.2, 0.25) is 11.8 Å². The lowest BCUT2D eigenvalue weighted by atomic mass is 10.1. The zero-order valence-electron chi connectivity index (χ0n) is 11.9. The summed E-state index contributed by atoms with van der Waals surface area (Å²) >= 11 is 0. The largest absolute Gasteiger partial charge is 0.477 e. The van der Waals surface area contributed by atoms with E-state index >= 15 is 0 Å². The highest BCUT2D eigenvalue weighted by Gasteiger charge is 2.17. The van der Waals surface area contributed by atoms with Crippen molar-refractivity contribution < 1.29 is 4.74 Å². The van der Waals surface area contributed by atoms with E-state index in [1.54, 1.807) is 0 Å². The van der Waals surface area contributed by atoms with Gasteiger partial charge in [-0.3, -0.25) is 0 Å². The second kappa shape index (κ2) is 6.07. The van der Waals surface area contributed by atoms with Crippen molar-refractivity contribution in [3.63, 3.8) is 0 Å². The van der Waals surface area contributed by atoms with Crippen LogP contribution >= 0.6 is 0 Å². The average Bonchev–Trinajstić information content (AvgIpc) is 2.98. The smallest absolute Gasteiger partial charge is 0.226 e. The lowest BCUT2D eigenvalue weighted by Gasteiger charge is -2.13. The highest BCUT2D eigenvalue weighted by molar-refractivity contribution is 5.84. The van der Waals surface area contributed by atoms with Crippen LogP contribution in [0.5, 0.6) is 5.88 Å². The van der Waals surface area contributed by atoms with Crippen molar-refractivity contribution >= 4 is 16.9 Å². The number of hydrogen-bond donors (Lipinski definition) is 1. The Morgan fingerprint density at radius 3 is 2.80 bits per heavy atom. The van der Waals surface area contributed by atoms with Crippen molar-refractivity contribution in [1.82, 2.24) is 9.97 Å². The Kier molecular flexibility index (Phi) is 4.00. The first-order valence-corrected chi connectivity index (χ1v) is 7.50. The second-order valence-electron chi connectivity index (χ2n) is 5.36. The van der Waals surface area contributed by atoms with Crippen molar-refractivity contribution in [2.45, 2.75) is 32.6 Å². The molecular formula is C16H21N3O. The predicted molar refractivity (Wildman–Crippen MR) is 81.2 cm³/mol. The van der Waals surface area contributed by atoms with Crippen LogP contribution in [0.25, 0.3) is 10.9 Å². The third-order valence-electron chi connectivity index (χ3n) is 3.83. The van der Waals surface area contributed by atoms with E-state index in [1.165, 1.54) is 25.7 Å². The minimum absolute atomic E-state index is 0.646. The van der Waals surface area contributed by atoms with Gasteiger partial charge in [0.15, 0.2) is 0 Å². The summed E-state index contributed by atoms with van der Waals surface area (Å²) in [6.07, 6.45) is 5.23. The molecule has 1 fully saturated rings. The number of benzene rings is 1. The molecule has 0 bridgehead atoms. The maximum Gasteiger partial charge on any atom is 0.226 e. The fraction of sp³-hybridized carbons (Fsp3) is 0.500.